The first-order chi connectivity index (χ1) is 16.7. The van der Waals surface area contributed by atoms with Gasteiger partial charge in [0.05, 0.1) is 11.1 Å². The van der Waals surface area contributed by atoms with Crippen molar-refractivity contribution in [2.24, 2.45) is 0 Å². The zero-order chi connectivity index (χ0) is 26.8. The number of phenolic OH excluding ortho intramolecular Hbond substituents is 1. The van der Waals surface area contributed by atoms with Crippen LogP contribution in [0.1, 0.15) is 76.4 Å². The summed E-state index contributed by atoms with van der Waals surface area (Å²) in [6.07, 6.45) is 1.61. The minimum absolute atomic E-state index is 0.0298. The van der Waals surface area contributed by atoms with Gasteiger partial charge < -0.3 is 20.0 Å². The van der Waals surface area contributed by atoms with Crippen molar-refractivity contribution in [1.82, 2.24) is 14.4 Å². The SMILES string of the molecule is CN(CCCN1C(=O)CSC1c1cc(C(C)(C)C)c(O)c(C(C)(C)C)c1)CCCn1c(O)csc1=O. The fourth-order valence-corrected chi connectivity index (χ4v) is 6.41. The van der Waals surface area contributed by atoms with Gasteiger partial charge in [0.1, 0.15) is 11.1 Å². The molecule has 7 nitrogen and oxygen atoms in total. The lowest BCUT2D eigenvalue weighted by molar-refractivity contribution is -0.128. The average molecular weight is 536 g/mol. The van der Waals surface area contributed by atoms with E-state index in [4.69, 9.17) is 0 Å². The molecule has 0 aliphatic carbocycles. The van der Waals surface area contributed by atoms with E-state index in [1.807, 2.05) is 11.9 Å². The van der Waals surface area contributed by atoms with E-state index in [1.165, 1.54) is 9.95 Å². The molecule has 1 aromatic carbocycles. The molecule has 36 heavy (non-hydrogen) atoms. The van der Waals surface area contributed by atoms with Gasteiger partial charge in [0, 0.05) is 13.1 Å². The predicted molar refractivity (Wildman–Crippen MR) is 149 cm³/mol. The molecule has 1 aliphatic heterocycles. The Kier molecular flexibility index (Phi) is 8.89. The van der Waals surface area contributed by atoms with Gasteiger partial charge in [-0.25, -0.2) is 0 Å². The van der Waals surface area contributed by atoms with Crippen LogP contribution in [0.25, 0.3) is 0 Å². The molecule has 1 unspecified atom stereocenters. The highest BCUT2D eigenvalue weighted by atomic mass is 32.2. The molecule has 1 aromatic heterocycles. The first kappa shape index (κ1) is 28.6. The average Bonchev–Trinajstić information content (AvgIpc) is 3.29. The topological polar surface area (TPSA) is 86.0 Å². The smallest absolute Gasteiger partial charge is 0.309 e. The van der Waals surface area contributed by atoms with E-state index < -0.39 is 0 Å². The first-order valence-corrected chi connectivity index (χ1v) is 14.5. The van der Waals surface area contributed by atoms with Crippen molar-refractivity contribution < 1.29 is 15.0 Å². The molecule has 2 N–H and O–H groups in total. The number of rotatable bonds is 9. The van der Waals surface area contributed by atoms with Crippen LogP contribution < -0.4 is 4.87 Å². The van der Waals surface area contributed by atoms with E-state index in [1.54, 1.807) is 11.8 Å². The van der Waals surface area contributed by atoms with Gasteiger partial charge in [-0.15, -0.1) is 11.8 Å². The van der Waals surface area contributed by atoms with Crippen molar-refractivity contribution in [1.29, 1.82) is 0 Å². The van der Waals surface area contributed by atoms with Crippen molar-refractivity contribution in [3.05, 3.63) is 43.9 Å². The Hall–Kier alpha value is -1.97. The Morgan fingerprint density at radius 3 is 2.03 bits per heavy atom. The van der Waals surface area contributed by atoms with Gasteiger partial charge in [0.15, 0.2) is 0 Å². The molecule has 0 radical (unpaired) electrons. The van der Waals surface area contributed by atoms with Crippen molar-refractivity contribution >= 4 is 29.0 Å². The molecule has 200 valence electrons. The number of amides is 1. The van der Waals surface area contributed by atoms with Gasteiger partial charge in [0.25, 0.3) is 0 Å². The Morgan fingerprint density at radius 1 is 0.972 bits per heavy atom. The van der Waals surface area contributed by atoms with Crippen LogP contribution in [0.15, 0.2) is 22.3 Å². The number of phenols is 1. The summed E-state index contributed by atoms with van der Waals surface area (Å²) in [5, 5.41) is 22.2. The fourth-order valence-electron chi connectivity index (χ4n) is 4.57. The molecule has 0 bridgehead atoms. The van der Waals surface area contributed by atoms with Crippen LogP contribution in [0.2, 0.25) is 0 Å². The van der Waals surface area contributed by atoms with Crippen LogP contribution in [-0.2, 0) is 22.2 Å². The number of thiazole rings is 1. The summed E-state index contributed by atoms with van der Waals surface area (Å²) in [5.74, 6) is 1.01. The maximum atomic E-state index is 12.8. The van der Waals surface area contributed by atoms with E-state index >= 15 is 0 Å². The van der Waals surface area contributed by atoms with E-state index in [0.717, 1.165) is 54.0 Å². The molecule has 2 heterocycles. The summed E-state index contributed by atoms with van der Waals surface area (Å²) >= 11 is 2.67. The molecular weight excluding hydrogens is 494 g/mol. The highest BCUT2D eigenvalue weighted by molar-refractivity contribution is 8.00. The molecule has 1 atom stereocenters. The van der Waals surface area contributed by atoms with Crippen LogP contribution in [0.3, 0.4) is 0 Å². The highest BCUT2D eigenvalue weighted by Crippen LogP contribution is 2.45. The van der Waals surface area contributed by atoms with Crippen LogP contribution in [0.5, 0.6) is 11.6 Å². The standard InChI is InChI=1S/C27H41N3O4S2/c1-26(2,3)19-14-18(15-20(23(19)33)27(4,5)6)24-29(21(31)16-35-24)12-8-10-28(7)11-9-13-30-22(32)17-36-25(30)34/h14-15,17,24,32-33H,8-13,16H2,1-7H3. The van der Waals surface area contributed by atoms with Crippen molar-refractivity contribution in [3.8, 4) is 11.6 Å². The summed E-state index contributed by atoms with van der Waals surface area (Å²) in [6.45, 7) is 15.4. The lowest BCUT2D eigenvalue weighted by Crippen LogP contribution is -2.32. The summed E-state index contributed by atoms with van der Waals surface area (Å²) in [5.41, 5.74) is 2.48. The summed E-state index contributed by atoms with van der Waals surface area (Å²) < 4.78 is 1.40. The number of benzene rings is 1. The normalized spacial score (nSPS) is 16.9. The second kappa shape index (κ2) is 11.2. The van der Waals surface area contributed by atoms with Gasteiger partial charge in [-0.2, -0.15) is 0 Å². The zero-order valence-electron chi connectivity index (χ0n) is 22.6. The number of aromatic nitrogens is 1. The van der Waals surface area contributed by atoms with Gasteiger partial charge in [-0.1, -0.05) is 52.9 Å². The molecular formula is C27H41N3O4S2. The lowest BCUT2D eigenvalue weighted by Gasteiger charge is -2.31. The Labute approximate surface area is 223 Å². The van der Waals surface area contributed by atoms with Crippen molar-refractivity contribution in [2.45, 2.75) is 77.1 Å². The van der Waals surface area contributed by atoms with Gasteiger partial charge in [-0.05, 0) is 72.6 Å². The second-order valence-corrected chi connectivity index (χ2v) is 13.6. The molecule has 0 spiro atoms. The van der Waals surface area contributed by atoms with Gasteiger partial charge in [0.2, 0.25) is 11.8 Å². The number of thioether (sulfide) groups is 1. The molecule has 2 aromatic rings. The Balaban J connectivity index is 1.66. The third-order valence-electron chi connectivity index (χ3n) is 6.62. The van der Waals surface area contributed by atoms with Gasteiger partial charge >= 0.3 is 4.87 Å². The summed E-state index contributed by atoms with van der Waals surface area (Å²) in [4.78, 5) is 28.6. The Bertz CT molecular complexity index is 1090. The minimum atomic E-state index is -0.216. The zero-order valence-corrected chi connectivity index (χ0v) is 24.3. The summed E-state index contributed by atoms with van der Waals surface area (Å²) in [6, 6.07) is 4.17. The maximum Gasteiger partial charge on any atom is 0.309 e. The van der Waals surface area contributed by atoms with Crippen LogP contribution in [0, 0.1) is 0 Å². The lowest BCUT2D eigenvalue weighted by atomic mass is 9.78. The minimum Gasteiger partial charge on any atom is -0.507 e. The fraction of sp³-hybridized carbons (Fsp3) is 0.630. The molecule has 3 rings (SSSR count). The summed E-state index contributed by atoms with van der Waals surface area (Å²) in [7, 11) is 2.04. The first-order valence-electron chi connectivity index (χ1n) is 12.5. The monoisotopic (exact) mass is 535 g/mol. The van der Waals surface area contributed by atoms with E-state index in [9.17, 15) is 19.8 Å². The van der Waals surface area contributed by atoms with Crippen LogP contribution in [0.4, 0.5) is 0 Å². The number of hydrogen-bond acceptors (Lipinski definition) is 7. The number of carbonyl (C=O) groups excluding carboxylic acids is 1. The van der Waals surface area contributed by atoms with E-state index in [0.29, 0.717) is 24.6 Å². The van der Waals surface area contributed by atoms with Crippen LogP contribution in [-0.4, -0.2) is 62.9 Å². The maximum absolute atomic E-state index is 12.8. The predicted octanol–water partition coefficient (Wildman–Crippen LogP) is 4.90. The van der Waals surface area contributed by atoms with E-state index in [2.05, 4.69) is 58.6 Å². The van der Waals surface area contributed by atoms with Crippen molar-refractivity contribution in [2.75, 3.05) is 32.4 Å². The van der Waals surface area contributed by atoms with Crippen molar-refractivity contribution in [3.63, 3.8) is 0 Å². The third kappa shape index (κ3) is 6.66. The molecule has 1 aliphatic rings. The van der Waals surface area contributed by atoms with Crippen LogP contribution >= 0.6 is 23.1 Å². The largest absolute Gasteiger partial charge is 0.507 e. The van der Waals surface area contributed by atoms with Gasteiger partial charge in [-0.3, -0.25) is 14.2 Å². The highest BCUT2D eigenvalue weighted by Gasteiger charge is 2.35. The molecule has 1 fully saturated rings. The number of aromatic hydroxyl groups is 2. The van der Waals surface area contributed by atoms with E-state index in [-0.39, 0.29) is 32.9 Å². The number of nitrogens with zero attached hydrogens (tertiary/aromatic N) is 3. The quantitative estimate of drug-likeness (QED) is 0.475. The molecule has 1 amide bonds. The molecule has 1 saturated heterocycles. The molecule has 9 heteroatoms. The second-order valence-electron chi connectivity index (χ2n) is 11.7. The molecule has 0 saturated carbocycles. The third-order valence-corrected chi connectivity index (χ3v) is 8.63. The number of hydrogen-bond donors (Lipinski definition) is 2. The number of carbonyl (C=O) groups is 1. The Morgan fingerprint density at radius 2 is 1.53 bits per heavy atom.